The molecule has 20 heavy (non-hydrogen) atoms. The van der Waals surface area contributed by atoms with Gasteiger partial charge >= 0.3 is 5.97 Å². The van der Waals surface area contributed by atoms with Crippen LogP contribution in [0.25, 0.3) is 0 Å². The Hall–Kier alpha value is -1.90. The molecule has 0 amide bonds. The number of aromatic nitrogens is 3. The first kappa shape index (κ1) is 14.5. The molecule has 0 radical (unpaired) electrons. The van der Waals surface area contributed by atoms with Crippen LogP contribution >= 0.6 is 15.9 Å². The van der Waals surface area contributed by atoms with E-state index in [1.807, 2.05) is 0 Å². The lowest BCUT2D eigenvalue weighted by Crippen LogP contribution is -2.10. The first-order valence-corrected chi connectivity index (χ1v) is 6.07. The Morgan fingerprint density at radius 1 is 1.40 bits per heavy atom. The molecule has 0 saturated heterocycles. The maximum Gasteiger partial charge on any atom is 0.358 e. The number of nitrogens with zero attached hydrogens (tertiary/aromatic N) is 3. The van der Waals surface area contributed by atoms with E-state index in [0.717, 1.165) is 10.7 Å². The van der Waals surface area contributed by atoms with Crippen molar-refractivity contribution in [2.24, 2.45) is 0 Å². The number of carboxylic acids is 1. The zero-order valence-electron chi connectivity index (χ0n) is 9.73. The van der Waals surface area contributed by atoms with Crippen LogP contribution in [-0.2, 0) is 6.54 Å². The SMILES string of the molecule is O=C(O)c1nnn(Cc2cc(F)cc(Br)c2)c1C(F)F. The summed E-state index contributed by atoms with van der Waals surface area (Å²) in [5.41, 5.74) is -1.27. The lowest BCUT2D eigenvalue weighted by molar-refractivity contribution is 0.0675. The predicted molar refractivity (Wildman–Crippen MR) is 65.1 cm³/mol. The number of hydrogen-bond acceptors (Lipinski definition) is 3. The minimum Gasteiger partial charge on any atom is -0.476 e. The highest BCUT2D eigenvalue weighted by atomic mass is 79.9. The van der Waals surface area contributed by atoms with Gasteiger partial charge < -0.3 is 5.11 Å². The highest BCUT2D eigenvalue weighted by Gasteiger charge is 2.26. The van der Waals surface area contributed by atoms with Crippen molar-refractivity contribution in [1.29, 1.82) is 0 Å². The minimum atomic E-state index is -3.05. The quantitative estimate of drug-likeness (QED) is 0.921. The Kier molecular flexibility index (Phi) is 4.07. The third kappa shape index (κ3) is 2.98. The summed E-state index contributed by atoms with van der Waals surface area (Å²) < 4.78 is 40.2. The van der Waals surface area contributed by atoms with Gasteiger partial charge in [-0.2, -0.15) is 0 Å². The number of halogens is 4. The van der Waals surface area contributed by atoms with Crippen molar-refractivity contribution in [1.82, 2.24) is 15.0 Å². The molecule has 0 bridgehead atoms. The van der Waals surface area contributed by atoms with E-state index >= 15 is 0 Å². The smallest absolute Gasteiger partial charge is 0.358 e. The van der Waals surface area contributed by atoms with E-state index in [0.29, 0.717) is 10.0 Å². The van der Waals surface area contributed by atoms with Crippen molar-refractivity contribution in [3.8, 4) is 0 Å². The van der Waals surface area contributed by atoms with Gasteiger partial charge in [0.2, 0.25) is 0 Å². The number of carboxylic acid groups (broad SMARTS) is 1. The highest BCUT2D eigenvalue weighted by molar-refractivity contribution is 9.10. The van der Waals surface area contributed by atoms with Crippen LogP contribution in [0.1, 0.15) is 28.2 Å². The van der Waals surface area contributed by atoms with Gasteiger partial charge in [0.05, 0.1) is 6.54 Å². The van der Waals surface area contributed by atoms with Gasteiger partial charge in [-0.3, -0.25) is 0 Å². The molecule has 1 N–H and O–H groups in total. The van der Waals surface area contributed by atoms with E-state index in [1.165, 1.54) is 12.1 Å². The maximum atomic E-state index is 13.2. The predicted octanol–water partition coefficient (Wildman–Crippen LogP) is 2.86. The monoisotopic (exact) mass is 349 g/mol. The third-order valence-corrected chi connectivity index (χ3v) is 2.90. The molecule has 106 valence electrons. The van der Waals surface area contributed by atoms with E-state index in [-0.39, 0.29) is 6.54 Å². The van der Waals surface area contributed by atoms with Crippen molar-refractivity contribution < 1.29 is 23.1 Å². The fourth-order valence-electron chi connectivity index (χ4n) is 1.68. The van der Waals surface area contributed by atoms with Crippen molar-refractivity contribution in [3.63, 3.8) is 0 Å². The van der Waals surface area contributed by atoms with Crippen molar-refractivity contribution in [2.75, 3.05) is 0 Å². The summed E-state index contributed by atoms with van der Waals surface area (Å²) in [6, 6.07) is 3.87. The summed E-state index contributed by atoms with van der Waals surface area (Å²) in [5.74, 6) is -2.14. The van der Waals surface area contributed by atoms with Gasteiger partial charge in [0, 0.05) is 4.47 Å². The molecule has 0 fully saturated rings. The Balaban J connectivity index is 2.41. The van der Waals surface area contributed by atoms with Crippen LogP contribution in [-0.4, -0.2) is 26.1 Å². The normalized spacial score (nSPS) is 11.1. The van der Waals surface area contributed by atoms with Crippen LogP contribution in [0.3, 0.4) is 0 Å². The second kappa shape index (κ2) is 5.61. The summed E-state index contributed by atoms with van der Waals surface area (Å²) >= 11 is 3.07. The molecule has 1 aromatic heterocycles. The molecule has 1 aromatic carbocycles. The zero-order valence-corrected chi connectivity index (χ0v) is 11.3. The van der Waals surface area contributed by atoms with Crippen molar-refractivity contribution in [3.05, 3.63) is 45.4 Å². The molecule has 0 aliphatic rings. The van der Waals surface area contributed by atoms with E-state index in [4.69, 9.17) is 5.11 Å². The molecule has 0 aliphatic heterocycles. The van der Waals surface area contributed by atoms with Gasteiger partial charge in [-0.1, -0.05) is 21.1 Å². The lowest BCUT2D eigenvalue weighted by Gasteiger charge is -2.07. The molecule has 1 heterocycles. The average molecular weight is 350 g/mol. The first-order valence-electron chi connectivity index (χ1n) is 5.28. The number of rotatable bonds is 4. The van der Waals surface area contributed by atoms with Crippen molar-refractivity contribution in [2.45, 2.75) is 13.0 Å². The van der Waals surface area contributed by atoms with E-state index in [9.17, 15) is 18.0 Å². The Bertz CT molecular complexity index is 640. The Morgan fingerprint density at radius 3 is 2.65 bits per heavy atom. The molecule has 9 heteroatoms. The summed E-state index contributed by atoms with van der Waals surface area (Å²) in [4.78, 5) is 10.8. The molecule has 0 aliphatic carbocycles. The molecular weight excluding hydrogens is 343 g/mol. The van der Waals surface area contributed by atoms with Gasteiger partial charge in [0.15, 0.2) is 5.69 Å². The maximum absolute atomic E-state index is 13.2. The van der Waals surface area contributed by atoms with Gasteiger partial charge in [-0.15, -0.1) is 5.10 Å². The first-order chi connectivity index (χ1) is 9.38. The van der Waals surface area contributed by atoms with E-state index in [1.54, 1.807) is 0 Å². The fourth-order valence-corrected chi connectivity index (χ4v) is 2.19. The van der Waals surface area contributed by atoms with E-state index in [2.05, 4.69) is 26.2 Å². The Labute approximate surface area is 119 Å². The lowest BCUT2D eigenvalue weighted by atomic mass is 10.2. The number of alkyl halides is 2. The molecule has 2 aromatic rings. The van der Waals surface area contributed by atoms with Gasteiger partial charge in [-0.25, -0.2) is 22.6 Å². The van der Waals surface area contributed by atoms with Gasteiger partial charge in [-0.05, 0) is 23.8 Å². The zero-order chi connectivity index (χ0) is 14.9. The molecule has 0 unspecified atom stereocenters. The summed E-state index contributed by atoms with van der Waals surface area (Å²) in [6.07, 6.45) is -3.05. The molecule has 5 nitrogen and oxygen atoms in total. The van der Waals surface area contributed by atoms with Gasteiger partial charge in [0.1, 0.15) is 11.5 Å². The largest absolute Gasteiger partial charge is 0.476 e. The highest BCUT2D eigenvalue weighted by Crippen LogP contribution is 2.23. The van der Waals surface area contributed by atoms with Crippen molar-refractivity contribution >= 4 is 21.9 Å². The number of aromatic carboxylic acids is 1. The topological polar surface area (TPSA) is 68.0 Å². The average Bonchev–Trinajstić information content (AvgIpc) is 2.71. The fraction of sp³-hybridized carbons (Fsp3) is 0.182. The van der Waals surface area contributed by atoms with Gasteiger partial charge in [0.25, 0.3) is 6.43 Å². The standard InChI is InChI=1S/C11H7BrF3N3O2/c12-6-1-5(2-7(13)3-6)4-18-9(10(14)15)8(11(19)20)16-17-18/h1-3,10H,4H2,(H,19,20). The molecule has 0 saturated carbocycles. The second-order valence-corrected chi connectivity index (χ2v) is 4.78. The summed E-state index contributed by atoms with van der Waals surface area (Å²) in [5, 5.41) is 15.4. The molecule has 2 rings (SSSR count). The van der Waals surface area contributed by atoms with Crippen LogP contribution in [0, 0.1) is 5.82 Å². The second-order valence-electron chi connectivity index (χ2n) is 3.86. The van der Waals surface area contributed by atoms with Crippen LogP contribution < -0.4 is 0 Å². The number of benzene rings is 1. The third-order valence-electron chi connectivity index (χ3n) is 2.44. The van der Waals surface area contributed by atoms with E-state index < -0.39 is 29.6 Å². The van der Waals surface area contributed by atoms with Crippen LogP contribution in [0.4, 0.5) is 13.2 Å². The molecular formula is C11H7BrF3N3O2. The molecule has 0 atom stereocenters. The summed E-state index contributed by atoms with van der Waals surface area (Å²) in [7, 11) is 0. The van der Waals surface area contributed by atoms with Crippen LogP contribution in [0.15, 0.2) is 22.7 Å². The van der Waals surface area contributed by atoms with Crippen LogP contribution in [0.5, 0.6) is 0 Å². The minimum absolute atomic E-state index is 0.212. The Morgan fingerprint density at radius 2 is 2.10 bits per heavy atom. The summed E-state index contributed by atoms with van der Waals surface area (Å²) in [6.45, 7) is -0.212. The molecule has 0 spiro atoms. The van der Waals surface area contributed by atoms with Crippen LogP contribution in [0.2, 0.25) is 0 Å². The number of carbonyl (C=O) groups is 1. The number of hydrogen-bond donors (Lipinski definition) is 1.